The monoisotopic (exact) mass is 282 g/mol. The largest absolute Gasteiger partial charge is 0.478 e. The third-order valence-electron chi connectivity index (χ3n) is 4.07. The molecule has 0 aromatic heterocycles. The van der Waals surface area contributed by atoms with Crippen LogP contribution in [0.5, 0.6) is 0 Å². The van der Waals surface area contributed by atoms with Gasteiger partial charge in [0.2, 0.25) is 0 Å². The van der Waals surface area contributed by atoms with E-state index >= 15 is 0 Å². The van der Waals surface area contributed by atoms with Crippen LogP contribution in [-0.4, -0.2) is 41.0 Å². The van der Waals surface area contributed by atoms with Crippen molar-refractivity contribution in [1.82, 2.24) is 10.2 Å². The molecule has 2 atom stereocenters. The smallest absolute Gasteiger partial charge is 0.331 e. The normalized spacial score (nSPS) is 23.9. The number of piperidine rings is 1. The number of likely N-dealkylation sites (tertiary alicyclic amines) is 1. The van der Waals surface area contributed by atoms with Crippen molar-refractivity contribution in [1.29, 1.82) is 0 Å². The summed E-state index contributed by atoms with van der Waals surface area (Å²) in [5.41, 5.74) is -0.0137. The molecule has 1 heterocycles. The minimum atomic E-state index is -1.16. The minimum Gasteiger partial charge on any atom is -0.478 e. The third-order valence-corrected chi connectivity index (χ3v) is 4.07. The molecule has 6 nitrogen and oxygen atoms in total. The number of hydrogen-bond acceptors (Lipinski definition) is 3. The highest BCUT2D eigenvalue weighted by Crippen LogP contribution is 2.22. The summed E-state index contributed by atoms with van der Waals surface area (Å²) < 4.78 is 0. The van der Waals surface area contributed by atoms with E-state index in [1.54, 1.807) is 4.90 Å². The molecule has 1 saturated heterocycles. The van der Waals surface area contributed by atoms with Gasteiger partial charge in [-0.25, -0.2) is 9.59 Å². The molecular formula is C14H22N2O4. The van der Waals surface area contributed by atoms with E-state index in [9.17, 15) is 14.4 Å². The Morgan fingerprint density at radius 1 is 1.10 bits per heavy atom. The van der Waals surface area contributed by atoms with Gasteiger partial charge in [0, 0.05) is 24.2 Å². The molecule has 0 saturated carbocycles. The Balaban J connectivity index is 2.65. The lowest BCUT2D eigenvalue weighted by Gasteiger charge is -2.35. The fourth-order valence-electron chi connectivity index (χ4n) is 2.05. The fraction of sp³-hybridized carbons (Fsp3) is 0.643. The highest BCUT2D eigenvalue weighted by Gasteiger charge is 2.27. The van der Waals surface area contributed by atoms with E-state index in [4.69, 9.17) is 5.11 Å². The Labute approximate surface area is 118 Å². The van der Waals surface area contributed by atoms with Gasteiger partial charge in [0.25, 0.3) is 5.91 Å². The molecule has 1 rings (SSSR count). The number of carboxylic acid groups (broad SMARTS) is 1. The van der Waals surface area contributed by atoms with Crippen LogP contribution in [0.2, 0.25) is 0 Å². The maximum atomic E-state index is 12.0. The molecule has 20 heavy (non-hydrogen) atoms. The van der Waals surface area contributed by atoms with Crippen molar-refractivity contribution >= 4 is 17.9 Å². The summed E-state index contributed by atoms with van der Waals surface area (Å²) in [5.74, 6) is -0.862. The number of nitrogens with one attached hydrogen (secondary N) is 1. The van der Waals surface area contributed by atoms with Crippen molar-refractivity contribution in [3.05, 3.63) is 11.1 Å². The molecule has 2 unspecified atom stereocenters. The summed E-state index contributed by atoms with van der Waals surface area (Å²) in [5, 5.41) is 11.1. The van der Waals surface area contributed by atoms with Gasteiger partial charge in [0.1, 0.15) is 0 Å². The zero-order valence-electron chi connectivity index (χ0n) is 12.4. The number of imide groups is 1. The van der Waals surface area contributed by atoms with E-state index in [0.717, 1.165) is 6.42 Å². The standard InChI is InChI=1S/C14H22N2O4/c1-8-5-6-16(7-9(8)2)14(20)15-12(17)10(3)11(4)13(18)19/h8-9H,5-7H2,1-4H3,(H,18,19)(H,15,17,20). The van der Waals surface area contributed by atoms with Crippen LogP contribution in [0.3, 0.4) is 0 Å². The number of aliphatic carboxylic acids is 1. The van der Waals surface area contributed by atoms with E-state index in [1.165, 1.54) is 13.8 Å². The second kappa shape index (κ2) is 6.54. The first-order valence-corrected chi connectivity index (χ1v) is 6.75. The van der Waals surface area contributed by atoms with Crippen LogP contribution >= 0.6 is 0 Å². The first-order chi connectivity index (χ1) is 9.23. The number of hydrogen-bond donors (Lipinski definition) is 2. The molecule has 2 N–H and O–H groups in total. The van der Waals surface area contributed by atoms with Gasteiger partial charge in [-0.1, -0.05) is 13.8 Å². The van der Waals surface area contributed by atoms with Crippen molar-refractivity contribution in [2.45, 2.75) is 34.1 Å². The molecule has 0 aromatic rings. The molecule has 112 valence electrons. The van der Waals surface area contributed by atoms with Crippen molar-refractivity contribution < 1.29 is 19.5 Å². The second-order valence-corrected chi connectivity index (χ2v) is 5.50. The lowest BCUT2D eigenvalue weighted by atomic mass is 9.89. The van der Waals surface area contributed by atoms with Crippen LogP contribution in [-0.2, 0) is 9.59 Å². The number of carbonyl (C=O) groups excluding carboxylic acids is 2. The molecule has 1 aliphatic heterocycles. The minimum absolute atomic E-state index is 0.0456. The van der Waals surface area contributed by atoms with Crippen LogP contribution < -0.4 is 5.32 Å². The van der Waals surface area contributed by atoms with E-state index in [2.05, 4.69) is 19.2 Å². The number of amides is 3. The van der Waals surface area contributed by atoms with Gasteiger partial charge in [-0.15, -0.1) is 0 Å². The lowest BCUT2D eigenvalue weighted by Crippen LogP contribution is -2.48. The number of nitrogens with zero attached hydrogens (tertiary/aromatic N) is 1. The van der Waals surface area contributed by atoms with Crippen molar-refractivity contribution in [3.63, 3.8) is 0 Å². The topological polar surface area (TPSA) is 86.7 Å². The molecule has 0 radical (unpaired) electrons. The van der Waals surface area contributed by atoms with Gasteiger partial charge in [-0.3, -0.25) is 10.1 Å². The van der Waals surface area contributed by atoms with Gasteiger partial charge < -0.3 is 10.0 Å². The Hall–Kier alpha value is -1.85. The number of rotatable bonds is 2. The van der Waals surface area contributed by atoms with E-state index in [0.29, 0.717) is 24.9 Å². The highest BCUT2D eigenvalue weighted by atomic mass is 16.4. The molecule has 3 amide bonds. The molecule has 1 aliphatic rings. The molecular weight excluding hydrogens is 260 g/mol. The van der Waals surface area contributed by atoms with Gasteiger partial charge in [-0.2, -0.15) is 0 Å². The maximum absolute atomic E-state index is 12.0. The average molecular weight is 282 g/mol. The third kappa shape index (κ3) is 3.82. The predicted octanol–water partition coefficient (Wildman–Crippen LogP) is 1.62. The summed E-state index contributed by atoms with van der Waals surface area (Å²) in [6.07, 6.45) is 0.908. The Morgan fingerprint density at radius 2 is 1.70 bits per heavy atom. The number of carbonyl (C=O) groups is 3. The van der Waals surface area contributed by atoms with Crippen molar-refractivity contribution in [3.8, 4) is 0 Å². The summed E-state index contributed by atoms with van der Waals surface area (Å²) in [6.45, 7) is 8.19. The quantitative estimate of drug-likeness (QED) is 0.753. The molecule has 0 bridgehead atoms. The molecule has 0 aromatic carbocycles. The second-order valence-electron chi connectivity index (χ2n) is 5.50. The van der Waals surface area contributed by atoms with E-state index < -0.39 is 17.9 Å². The molecule has 0 aliphatic carbocycles. The Morgan fingerprint density at radius 3 is 2.20 bits per heavy atom. The zero-order chi connectivity index (χ0) is 15.4. The van der Waals surface area contributed by atoms with Crippen LogP contribution in [0.15, 0.2) is 11.1 Å². The van der Waals surface area contributed by atoms with Crippen LogP contribution in [0.25, 0.3) is 0 Å². The predicted molar refractivity (Wildman–Crippen MR) is 74.1 cm³/mol. The summed E-state index contributed by atoms with van der Waals surface area (Å²) >= 11 is 0. The summed E-state index contributed by atoms with van der Waals surface area (Å²) in [7, 11) is 0. The van der Waals surface area contributed by atoms with Crippen molar-refractivity contribution in [2.75, 3.05) is 13.1 Å². The zero-order valence-corrected chi connectivity index (χ0v) is 12.4. The van der Waals surface area contributed by atoms with Gasteiger partial charge in [0.05, 0.1) is 0 Å². The van der Waals surface area contributed by atoms with Gasteiger partial charge in [0.15, 0.2) is 0 Å². The van der Waals surface area contributed by atoms with Crippen LogP contribution in [0.1, 0.15) is 34.1 Å². The Kier molecular flexibility index (Phi) is 5.30. The average Bonchev–Trinajstić information content (AvgIpc) is 2.39. The summed E-state index contributed by atoms with van der Waals surface area (Å²) in [4.78, 5) is 36.2. The maximum Gasteiger partial charge on any atom is 0.331 e. The SMILES string of the molecule is CC(C(=O)O)=C(C)C(=O)NC(=O)N1CCC(C)C(C)C1. The molecule has 6 heteroatoms. The first-order valence-electron chi connectivity index (χ1n) is 6.75. The van der Waals surface area contributed by atoms with Crippen LogP contribution in [0.4, 0.5) is 4.79 Å². The number of urea groups is 1. The molecule has 1 fully saturated rings. The van der Waals surface area contributed by atoms with Crippen molar-refractivity contribution in [2.24, 2.45) is 11.8 Å². The lowest BCUT2D eigenvalue weighted by molar-refractivity contribution is -0.133. The van der Waals surface area contributed by atoms with E-state index in [-0.39, 0.29) is 11.1 Å². The molecule has 0 spiro atoms. The van der Waals surface area contributed by atoms with Gasteiger partial charge >= 0.3 is 12.0 Å². The van der Waals surface area contributed by atoms with Crippen LogP contribution in [0, 0.1) is 11.8 Å². The fourth-order valence-corrected chi connectivity index (χ4v) is 2.05. The summed E-state index contributed by atoms with van der Waals surface area (Å²) in [6, 6.07) is -0.453. The first kappa shape index (κ1) is 16.2. The number of carboxylic acids is 1. The van der Waals surface area contributed by atoms with E-state index in [1.807, 2.05) is 0 Å². The van der Waals surface area contributed by atoms with Gasteiger partial charge in [-0.05, 0) is 32.1 Å². The Bertz CT molecular complexity index is 456. The highest BCUT2D eigenvalue weighted by molar-refractivity contribution is 6.07.